The van der Waals surface area contributed by atoms with E-state index in [0.29, 0.717) is 11.1 Å². The zero-order valence-electron chi connectivity index (χ0n) is 11.4. The number of nitrogens with zero attached hydrogens (tertiary/aromatic N) is 1. The molecule has 110 valence electrons. The van der Waals surface area contributed by atoms with E-state index in [1.807, 2.05) is 0 Å². The van der Waals surface area contributed by atoms with Crippen LogP contribution >= 0.6 is 0 Å². The third-order valence-corrected chi connectivity index (χ3v) is 4.27. The predicted octanol–water partition coefficient (Wildman–Crippen LogP) is 0.920. The van der Waals surface area contributed by atoms with Gasteiger partial charge in [0, 0.05) is 18.9 Å². The van der Waals surface area contributed by atoms with Crippen LogP contribution in [0.5, 0.6) is 0 Å². The molecule has 0 unspecified atom stereocenters. The van der Waals surface area contributed by atoms with Gasteiger partial charge in [-0.25, -0.2) is 13.1 Å². The highest BCUT2D eigenvalue weighted by Gasteiger charge is 2.11. The largest absolute Gasteiger partial charge is 0.348 e. The van der Waals surface area contributed by atoms with Crippen LogP contribution in [0.3, 0.4) is 0 Å². The Hall–Kier alpha value is -2.25. The highest BCUT2D eigenvalue weighted by atomic mass is 32.2. The first-order chi connectivity index (χ1) is 10.0. The van der Waals surface area contributed by atoms with Crippen LogP contribution in [0.1, 0.15) is 15.9 Å². The molecule has 0 bridgehead atoms. The normalized spacial score (nSPS) is 11.1. The summed E-state index contributed by atoms with van der Waals surface area (Å²) in [6, 6.07) is 9.74. The Morgan fingerprint density at radius 3 is 2.71 bits per heavy atom. The van der Waals surface area contributed by atoms with E-state index < -0.39 is 10.0 Å². The minimum absolute atomic E-state index is 0.165. The molecule has 0 fully saturated rings. The van der Waals surface area contributed by atoms with Crippen molar-refractivity contribution in [3.8, 4) is 0 Å². The van der Waals surface area contributed by atoms with E-state index in [2.05, 4.69) is 15.0 Å². The third-order valence-electron chi connectivity index (χ3n) is 2.85. The van der Waals surface area contributed by atoms with Crippen molar-refractivity contribution in [2.24, 2.45) is 0 Å². The van der Waals surface area contributed by atoms with Crippen LogP contribution in [0, 0.1) is 0 Å². The molecule has 7 heteroatoms. The Balaban J connectivity index is 2.08. The first-order valence-corrected chi connectivity index (χ1v) is 7.72. The zero-order valence-corrected chi connectivity index (χ0v) is 12.2. The molecule has 0 atom stereocenters. The van der Waals surface area contributed by atoms with Gasteiger partial charge in [-0.1, -0.05) is 12.1 Å². The predicted molar refractivity (Wildman–Crippen MR) is 78.1 cm³/mol. The van der Waals surface area contributed by atoms with E-state index in [9.17, 15) is 13.2 Å². The number of pyridine rings is 1. The van der Waals surface area contributed by atoms with Crippen molar-refractivity contribution in [1.29, 1.82) is 0 Å². The van der Waals surface area contributed by atoms with E-state index in [4.69, 9.17) is 0 Å². The summed E-state index contributed by atoms with van der Waals surface area (Å²) in [4.78, 5) is 15.9. The highest BCUT2D eigenvalue weighted by Crippen LogP contribution is 2.11. The molecule has 6 nitrogen and oxygen atoms in total. The molecule has 0 saturated heterocycles. The van der Waals surface area contributed by atoms with Crippen molar-refractivity contribution in [3.05, 3.63) is 59.9 Å². The van der Waals surface area contributed by atoms with Gasteiger partial charge in [0.05, 0.1) is 10.5 Å². The van der Waals surface area contributed by atoms with Crippen LogP contribution in [0.4, 0.5) is 0 Å². The van der Waals surface area contributed by atoms with E-state index in [-0.39, 0.29) is 17.3 Å². The maximum atomic E-state index is 11.9. The second kappa shape index (κ2) is 6.47. The fourth-order valence-electron chi connectivity index (χ4n) is 1.72. The minimum atomic E-state index is -3.48. The summed E-state index contributed by atoms with van der Waals surface area (Å²) in [5.41, 5.74) is 1.15. The Morgan fingerprint density at radius 1 is 1.24 bits per heavy atom. The number of amides is 1. The number of carbonyl (C=O) groups is 1. The van der Waals surface area contributed by atoms with E-state index >= 15 is 0 Å². The topological polar surface area (TPSA) is 88.2 Å². The van der Waals surface area contributed by atoms with Crippen LogP contribution in [0.2, 0.25) is 0 Å². The number of sulfonamides is 1. The van der Waals surface area contributed by atoms with Gasteiger partial charge in [0.2, 0.25) is 10.0 Å². The van der Waals surface area contributed by atoms with Gasteiger partial charge in [0.15, 0.2) is 0 Å². The lowest BCUT2D eigenvalue weighted by atomic mass is 10.2. The lowest BCUT2D eigenvalue weighted by Gasteiger charge is -2.07. The van der Waals surface area contributed by atoms with Gasteiger partial charge in [-0.05, 0) is 36.9 Å². The smallest absolute Gasteiger partial charge is 0.253 e. The quantitative estimate of drug-likeness (QED) is 0.860. The number of nitrogens with one attached hydrogen (secondary N) is 2. The number of benzene rings is 1. The molecule has 0 radical (unpaired) electrons. The molecule has 21 heavy (non-hydrogen) atoms. The molecule has 0 aliphatic carbocycles. The molecule has 2 aromatic rings. The van der Waals surface area contributed by atoms with Gasteiger partial charge in [-0.2, -0.15) is 0 Å². The number of hydrogen-bond acceptors (Lipinski definition) is 4. The van der Waals surface area contributed by atoms with Gasteiger partial charge in [0.1, 0.15) is 0 Å². The van der Waals surface area contributed by atoms with E-state index in [1.54, 1.807) is 30.5 Å². The molecule has 2 rings (SSSR count). The summed E-state index contributed by atoms with van der Waals surface area (Å²) in [5.74, 6) is -0.259. The third kappa shape index (κ3) is 3.87. The Morgan fingerprint density at radius 2 is 2.05 bits per heavy atom. The molecule has 1 heterocycles. The summed E-state index contributed by atoms with van der Waals surface area (Å²) < 4.78 is 25.7. The van der Waals surface area contributed by atoms with E-state index in [1.165, 1.54) is 25.4 Å². The average Bonchev–Trinajstić information content (AvgIpc) is 2.53. The van der Waals surface area contributed by atoms with Crippen molar-refractivity contribution in [1.82, 2.24) is 15.0 Å². The molecule has 2 N–H and O–H groups in total. The van der Waals surface area contributed by atoms with Crippen LogP contribution in [-0.2, 0) is 16.6 Å². The zero-order chi connectivity index (χ0) is 15.3. The Labute approximate surface area is 123 Å². The first kappa shape index (κ1) is 15.1. The SMILES string of the molecule is CNS(=O)(=O)c1cccc(CNC(=O)c2cccnc2)c1. The lowest BCUT2D eigenvalue weighted by molar-refractivity contribution is 0.0950. The van der Waals surface area contributed by atoms with Crippen molar-refractivity contribution in [3.63, 3.8) is 0 Å². The van der Waals surface area contributed by atoms with Crippen molar-refractivity contribution < 1.29 is 13.2 Å². The molecule has 0 saturated carbocycles. The summed E-state index contributed by atoms with van der Waals surface area (Å²) in [5, 5.41) is 2.72. The average molecular weight is 305 g/mol. The maximum absolute atomic E-state index is 11.9. The van der Waals surface area contributed by atoms with Crippen LogP contribution < -0.4 is 10.0 Å². The minimum Gasteiger partial charge on any atom is -0.348 e. The molecule has 1 amide bonds. The van der Waals surface area contributed by atoms with Crippen molar-refractivity contribution in [2.45, 2.75) is 11.4 Å². The van der Waals surface area contributed by atoms with Gasteiger partial charge in [-0.3, -0.25) is 9.78 Å². The van der Waals surface area contributed by atoms with Crippen LogP contribution in [-0.4, -0.2) is 26.4 Å². The molecule has 1 aromatic carbocycles. The first-order valence-electron chi connectivity index (χ1n) is 6.23. The molecule has 0 spiro atoms. The fraction of sp³-hybridized carbons (Fsp3) is 0.143. The van der Waals surface area contributed by atoms with Gasteiger partial charge in [0.25, 0.3) is 5.91 Å². The lowest BCUT2D eigenvalue weighted by Crippen LogP contribution is -2.23. The molecule has 0 aliphatic rings. The maximum Gasteiger partial charge on any atom is 0.253 e. The monoisotopic (exact) mass is 305 g/mol. The standard InChI is InChI=1S/C14H15N3O3S/c1-15-21(19,20)13-6-2-4-11(8-13)9-17-14(18)12-5-3-7-16-10-12/h2-8,10,15H,9H2,1H3,(H,17,18). The number of aromatic nitrogens is 1. The second-order valence-corrected chi connectivity index (χ2v) is 6.17. The van der Waals surface area contributed by atoms with Gasteiger partial charge < -0.3 is 5.32 Å². The van der Waals surface area contributed by atoms with Crippen molar-refractivity contribution in [2.75, 3.05) is 7.05 Å². The molecule has 0 aliphatic heterocycles. The molecule has 1 aromatic heterocycles. The second-order valence-electron chi connectivity index (χ2n) is 4.28. The molecular formula is C14H15N3O3S. The molecular weight excluding hydrogens is 290 g/mol. The summed E-state index contributed by atoms with van der Waals surface area (Å²) in [6.45, 7) is 0.237. The fourth-order valence-corrected chi connectivity index (χ4v) is 2.52. The van der Waals surface area contributed by atoms with Gasteiger partial charge >= 0.3 is 0 Å². The van der Waals surface area contributed by atoms with E-state index in [0.717, 1.165) is 0 Å². The number of rotatable bonds is 5. The van der Waals surface area contributed by atoms with Gasteiger partial charge in [-0.15, -0.1) is 0 Å². The van der Waals surface area contributed by atoms with Crippen LogP contribution in [0.15, 0.2) is 53.7 Å². The highest BCUT2D eigenvalue weighted by molar-refractivity contribution is 7.89. The number of carbonyl (C=O) groups excluding carboxylic acids is 1. The summed E-state index contributed by atoms with van der Waals surface area (Å²) >= 11 is 0. The van der Waals surface area contributed by atoms with Crippen LogP contribution in [0.25, 0.3) is 0 Å². The van der Waals surface area contributed by atoms with Crippen molar-refractivity contribution >= 4 is 15.9 Å². The number of hydrogen-bond donors (Lipinski definition) is 2. The summed E-state index contributed by atoms with van der Waals surface area (Å²) in [7, 11) is -2.13. The Bertz CT molecular complexity index is 730. The Kier molecular flexibility index (Phi) is 4.66. The summed E-state index contributed by atoms with van der Waals surface area (Å²) in [6.07, 6.45) is 3.06.